The number of nitrogens with zero attached hydrogens (tertiary/aromatic N) is 2. The average Bonchev–Trinajstić information content (AvgIpc) is 3.24. The minimum atomic E-state index is -0.0168. The van der Waals surface area contributed by atoms with Crippen LogP contribution >= 0.6 is 21.6 Å². The Balaban J connectivity index is 2.32. The van der Waals surface area contributed by atoms with Crippen molar-refractivity contribution < 1.29 is 19.1 Å². The molecule has 0 saturated carbocycles. The van der Waals surface area contributed by atoms with Gasteiger partial charge in [0.05, 0.1) is 6.61 Å². The number of hydrogen-bond acceptors (Lipinski definition) is 8. The van der Waals surface area contributed by atoms with Crippen molar-refractivity contribution in [3.63, 3.8) is 0 Å². The van der Waals surface area contributed by atoms with Gasteiger partial charge in [0.1, 0.15) is 11.1 Å². The van der Waals surface area contributed by atoms with E-state index in [1.165, 1.54) is 161 Å². The summed E-state index contributed by atoms with van der Waals surface area (Å²) >= 11 is 0. The van der Waals surface area contributed by atoms with E-state index in [4.69, 9.17) is 9.47 Å². The number of carbonyl (C=O) groups is 2. The van der Waals surface area contributed by atoms with Crippen molar-refractivity contribution in [3.8, 4) is 0 Å². The van der Waals surface area contributed by atoms with Gasteiger partial charge in [0.2, 0.25) is 0 Å². The van der Waals surface area contributed by atoms with Gasteiger partial charge < -0.3 is 14.4 Å². The Hall–Kier alpha value is -1.25. The molecule has 0 aromatic carbocycles. The predicted molar refractivity (Wildman–Crippen MR) is 258 cm³/mol. The van der Waals surface area contributed by atoms with E-state index in [0.717, 1.165) is 81.8 Å². The number of esters is 2. The zero-order chi connectivity index (χ0) is 42.5. The molecule has 0 aliphatic carbocycles. The van der Waals surface area contributed by atoms with Crippen molar-refractivity contribution in [3.05, 3.63) is 24.4 Å². The Labute approximate surface area is 373 Å². The molecule has 0 N–H and O–H groups in total. The molecule has 0 fully saturated rings. The van der Waals surface area contributed by atoms with Crippen LogP contribution in [0.2, 0.25) is 0 Å². The van der Waals surface area contributed by atoms with E-state index >= 15 is 0 Å². The lowest BCUT2D eigenvalue weighted by Crippen LogP contribution is -2.27. The van der Waals surface area contributed by atoms with Gasteiger partial charge in [0, 0.05) is 24.8 Å². The Morgan fingerprint density at radius 3 is 1.54 bits per heavy atom. The van der Waals surface area contributed by atoms with Crippen LogP contribution in [0.3, 0.4) is 0 Å². The zero-order valence-electron chi connectivity index (χ0n) is 39.0. The number of rotatable bonds is 46. The van der Waals surface area contributed by atoms with Crippen LogP contribution in [0, 0.1) is 0 Å². The van der Waals surface area contributed by atoms with Gasteiger partial charge >= 0.3 is 11.9 Å². The fraction of sp³-hybridized carbons (Fsp3) is 0.863. The molecular weight excluding hydrogens is 769 g/mol. The third-order valence-electron chi connectivity index (χ3n) is 11.5. The highest BCUT2D eigenvalue weighted by Crippen LogP contribution is 2.29. The highest BCUT2D eigenvalue weighted by molar-refractivity contribution is 8.76. The van der Waals surface area contributed by atoms with Crippen molar-refractivity contribution >= 4 is 33.5 Å². The predicted octanol–water partition coefficient (Wildman–Crippen LogP) is 16.3. The maximum absolute atomic E-state index is 12.9. The Bertz CT molecular complexity index is 1020. The highest BCUT2D eigenvalue weighted by Gasteiger charge is 2.14. The van der Waals surface area contributed by atoms with Gasteiger partial charge in [-0.15, -0.1) is 0 Å². The van der Waals surface area contributed by atoms with E-state index < -0.39 is 0 Å². The van der Waals surface area contributed by atoms with Crippen molar-refractivity contribution in [1.29, 1.82) is 0 Å². The monoisotopic (exact) mass is 863 g/mol. The molecule has 8 heteroatoms. The molecule has 1 rings (SSSR count). The quantitative estimate of drug-likeness (QED) is 0.0365. The summed E-state index contributed by atoms with van der Waals surface area (Å²) in [6.45, 7) is 10.8. The summed E-state index contributed by atoms with van der Waals surface area (Å²) < 4.78 is 11.6. The summed E-state index contributed by atoms with van der Waals surface area (Å²) in [6, 6.07) is 6.10. The summed E-state index contributed by atoms with van der Waals surface area (Å²) in [4.78, 5) is 32.3. The van der Waals surface area contributed by atoms with E-state index in [-0.39, 0.29) is 18.0 Å². The summed E-state index contributed by atoms with van der Waals surface area (Å²) in [5, 5.41) is 1.08. The first-order chi connectivity index (χ1) is 29.1. The number of aromatic nitrogens is 1. The fourth-order valence-electron chi connectivity index (χ4n) is 7.73. The standard InChI is InChI=1S/C51H94N2O4S2/c1-4-7-10-13-16-17-18-24-35-46-56-50(54)40-29-25-33-44-53(45-34-36-47-58-59-49-39-30-31-42-52-49)43-32-23-19-22-28-41-51(55)57-48(37-26-20-14-11-8-5-2)38-27-21-15-12-9-6-3/h30-31,39,42,48H,4-29,32-38,40-41,43-47H2,1-3H3. The van der Waals surface area contributed by atoms with Crippen molar-refractivity contribution in [2.45, 2.75) is 257 Å². The third kappa shape index (κ3) is 39.3. The van der Waals surface area contributed by atoms with Crippen LogP contribution in [-0.2, 0) is 19.1 Å². The molecule has 0 amide bonds. The molecule has 0 bridgehead atoms. The van der Waals surface area contributed by atoms with Gasteiger partial charge in [-0.3, -0.25) is 9.59 Å². The zero-order valence-corrected chi connectivity index (χ0v) is 40.6. The minimum Gasteiger partial charge on any atom is -0.466 e. The first kappa shape index (κ1) is 55.8. The van der Waals surface area contributed by atoms with Gasteiger partial charge in [-0.05, 0) is 113 Å². The van der Waals surface area contributed by atoms with Crippen LogP contribution in [-0.4, -0.2) is 59.9 Å². The number of unbranched alkanes of at least 4 members (excludes halogenated alkanes) is 25. The van der Waals surface area contributed by atoms with Gasteiger partial charge in [0.25, 0.3) is 0 Å². The van der Waals surface area contributed by atoms with E-state index in [9.17, 15) is 9.59 Å². The van der Waals surface area contributed by atoms with E-state index in [0.29, 0.717) is 19.4 Å². The van der Waals surface area contributed by atoms with Crippen LogP contribution in [0.4, 0.5) is 0 Å². The number of hydrogen-bond donors (Lipinski definition) is 0. The van der Waals surface area contributed by atoms with Crippen molar-refractivity contribution in [1.82, 2.24) is 9.88 Å². The summed E-state index contributed by atoms with van der Waals surface area (Å²) in [7, 11) is 3.68. The second kappa shape index (κ2) is 44.8. The fourth-order valence-corrected chi connectivity index (χ4v) is 9.76. The SMILES string of the molecule is CCCCCCCCCCCOC(=O)CCCCCN(CCCCCCCC(=O)OC(CCCCCCCC)CCCCCCCC)CCCCSSc1ccccn1. The highest BCUT2D eigenvalue weighted by atomic mass is 33.1. The Morgan fingerprint density at radius 2 is 1.00 bits per heavy atom. The first-order valence-corrected chi connectivity index (χ1v) is 27.7. The molecule has 1 aromatic rings. The smallest absolute Gasteiger partial charge is 0.306 e. The second-order valence-corrected chi connectivity index (χ2v) is 19.7. The molecule has 6 nitrogen and oxygen atoms in total. The molecule has 1 aromatic heterocycles. The number of pyridine rings is 1. The molecular formula is C51H94N2O4S2. The van der Waals surface area contributed by atoms with E-state index in [2.05, 4.69) is 42.8 Å². The normalized spacial score (nSPS) is 11.5. The minimum absolute atomic E-state index is 0.0168. The molecule has 0 spiro atoms. The lowest BCUT2D eigenvalue weighted by atomic mass is 10.0. The van der Waals surface area contributed by atoms with Gasteiger partial charge in [-0.1, -0.05) is 179 Å². The first-order valence-electron chi connectivity index (χ1n) is 25.4. The molecule has 344 valence electrons. The molecule has 0 unspecified atom stereocenters. The summed E-state index contributed by atoms with van der Waals surface area (Å²) in [5.41, 5.74) is 0. The number of ether oxygens (including phenoxy) is 2. The van der Waals surface area contributed by atoms with Crippen LogP contribution < -0.4 is 0 Å². The molecule has 1 heterocycles. The van der Waals surface area contributed by atoms with Crippen LogP contribution in [0.1, 0.15) is 245 Å². The van der Waals surface area contributed by atoms with Gasteiger partial charge in [0.15, 0.2) is 0 Å². The van der Waals surface area contributed by atoms with Crippen LogP contribution in [0.25, 0.3) is 0 Å². The maximum Gasteiger partial charge on any atom is 0.306 e. The lowest BCUT2D eigenvalue weighted by molar-refractivity contribution is -0.150. The Morgan fingerprint density at radius 1 is 0.542 bits per heavy atom. The topological polar surface area (TPSA) is 68.7 Å². The maximum atomic E-state index is 12.9. The average molecular weight is 863 g/mol. The van der Waals surface area contributed by atoms with Crippen LogP contribution in [0.5, 0.6) is 0 Å². The van der Waals surface area contributed by atoms with Crippen LogP contribution in [0.15, 0.2) is 29.4 Å². The molecule has 0 saturated heterocycles. The van der Waals surface area contributed by atoms with E-state index in [1.54, 1.807) is 10.8 Å². The van der Waals surface area contributed by atoms with Crippen molar-refractivity contribution in [2.75, 3.05) is 32.0 Å². The molecule has 0 radical (unpaired) electrons. The molecule has 59 heavy (non-hydrogen) atoms. The van der Waals surface area contributed by atoms with Crippen molar-refractivity contribution in [2.24, 2.45) is 0 Å². The largest absolute Gasteiger partial charge is 0.466 e. The summed E-state index contributed by atoms with van der Waals surface area (Å²) in [5.74, 6) is 1.15. The molecule has 0 atom stereocenters. The van der Waals surface area contributed by atoms with Gasteiger partial charge in [-0.2, -0.15) is 0 Å². The number of carbonyl (C=O) groups excluding carboxylic acids is 2. The Kier molecular flexibility index (Phi) is 42.3. The van der Waals surface area contributed by atoms with Gasteiger partial charge in [-0.25, -0.2) is 4.98 Å². The van der Waals surface area contributed by atoms with E-state index in [1.807, 2.05) is 23.1 Å². The third-order valence-corrected chi connectivity index (χ3v) is 13.9. The lowest BCUT2D eigenvalue weighted by Gasteiger charge is -2.22. The molecule has 0 aliphatic heterocycles. The summed E-state index contributed by atoms with van der Waals surface area (Å²) in [6.07, 6.45) is 43.3. The second-order valence-electron chi connectivity index (χ2n) is 17.2. The molecule has 0 aliphatic rings.